The van der Waals surface area contributed by atoms with E-state index in [9.17, 15) is 39.9 Å². The predicted octanol–water partition coefficient (Wildman–Crippen LogP) is 4.73. The number of anilines is 1. The minimum absolute atomic E-state index is 0.0817. The SMILES string of the molecule is O=C(OC(C(F)(F)F)C(F)(F)F)N1CC(CCN(c2cccc3ccccc23)S(=O)O)C1. The van der Waals surface area contributed by atoms with Crippen LogP contribution in [-0.2, 0) is 16.0 Å². The Hall–Kier alpha value is -2.54. The summed E-state index contributed by atoms with van der Waals surface area (Å²) in [6, 6.07) is 12.4. The van der Waals surface area contributed by atoms with E-state index in [-0.39, 0.29) is 32.0 Å². The maximum atomic E-state index is 12.5. The fraction of sp³-hybridized carbons (Fsp3) is 0.421. The van der Waals surface area contributed by atoms with E-state index in [2.05, 4.69) is 4.74 Å². The molecule has 1 N–H and O–H groups in total. The molecule has 0 spiro atoms. The topological polar surface area (TPSA) is 70.1 Å². The van der Waals surface area contributed by atoms with E-state index in [1.165, 1.54) is 4.31 Å². The van der Waals surface area contributed by atoms with E-state index in [0.29, 0.717) is 5.69 Å². The number of ether oxygens (including phenoxy) is 1. The molecule has 1 saturated heterocycles. The molecule has 32 heavy (non-hydrogen) atoms. The third-order valence-corrected chi connectivity index (χ3v) is 5.75. The highest BCUT2D eigenvalue weighted by Crippen LogP contribution is 2.37. The average molecular weight is 484 g/mol. The molecule has 1 atom stereocenters. The second kappa shape index (κ2) is 9.14. The first-order valence-electron chi connectivity index (χ1n) is 9.33. The summed E-state index contributed by atoms with van der Waals surface area (Å²) in [6.45, 7) is -0.163. The number of fused-ring (bicyclic) bond motifs is 1. The number of carbonyl (C=O) groups excluding carboxylic acids is 1. The molecule has 1 heterocycles. The van der Waals surface area contributed by atoms with Gasteiger partial charge < -0.3 is 9.64 Å². The number of carbonyl (C=O) groups is 1. The second-order valence-electron chi connectivity index (χ2n) is 7.24. The first-order chi connectivity index (χ1) is 14.9. The fourth-order valence-electron chi connectivity index (χ4n) is 3.40. The van der Waals surface area contributed by atoms with Crippen LogP contribution in [0.15, 0.2) is 42.5 Å². The normalized spacial score (nSPS) is 16.2. The van der Waals surface area contributed by atoms with Gasteiger partial charge in [-0.3, -0.25) is 8.86 Å². The summed E-state index contributed by atoms with van der Waals surface area (Å²) < 4.78 is 102. The van der Waals surface area contributed by atoms with Gasteiger partial charge in [-0.05, 0) is 23.8 Å². The van der Waals surface area contributed by atoms with Gasteiger partial charge in [0.2, 0.25) is 0 Å². The average Bonchev–Trinajstić information content (AvgIpc) is 2.65. The van der Waals surface area contributed by atoms with Crippen LogP contribution in [0.25, 0.3) is 10.8 Å². The second-order valence-corrected chi connectivity index (χ2v) is 8.14. The molecule has 1 unspecified atom stereocenters. The van der Waals surface area contributed by atoms with Gasteiger partial charge >= 0.3 is 18.4 Å². The van der Waals surface area contributed by atoms with Crippen LogP contribution in [0.3, 0.4) is 0 Å². The van der Waals surface area contributed by atoms with Gasteiger partial charge in [-0.1, -0.05) is 36.4 Å². The minimum Gasteiger partial charge on any atom is -0.426 e. The summed E-state index contributed by atoms with van der Waals surface area (Å²) in [7, 11) is 0. The molecule has 0 bridgehead atoms. The lowest BCUT2D eigenvalue weighted by molar-refractivity contribution is -0.309. The molecule has 3 rings (SSSR count). The van der Waals surface area contributed by atoms with Crippen LogP contribution in [-0.4, -0.2) is 57.8 Å². The quantitative estimate of drug-likeness (QED) is 0.475. The molecular formula is C19H18F6N2O4S. The highest BCUT2D eigenvalue weighted by molar-refractivity contribution is 7.80. The van der Waals surface area contributed by atoms with Crippen molar-refractivity contribution in [2.24, 2.45) is 5.92 Å². The van der Waals surface area contributed by atoms with Gasteiger partial charge in [0.05, 0.1) is 5.69 Å². The van der Waals surface area contributed by atoms with Crippen molar-refractivity contribution < 1.29 is 44.6 Å². The maximum absolute atomic E-state index is 12.5. The van der Waals surface area contributed by atoms with Crippen molar-refractivity contribution in [3.8, 4) is 0 Å². The van der Waals surface area contributed by atoms with Crippen molar-refractivity contribution in [1.29, 1.82) is 0 Å². The Morgan fingerprint density at radius 3 is 2.28 bits per heavy atom. The van der Waals surface area contributed by atoms with Crippen molar-refractivity contribution >= 4 is 33.8 Å². The lowest BCUT2D eigenvalue weighted by Crippen LogP contribution is -2.54. The molecule has 2 aromatic carbocycles. The van der Waals surface area contributed by atoms with Crippen LogP contribution in [0, 0.1) is 5.92 Å². The van der Waals surface area contributed by atoms with E-state index in [0.717, 1.165) is 15.7 Å². The van der Waals surface area contributed by atoms with Gasteiger partial charge in [0.1, 0.15) is 0 Å². The number of likely N-dealkylation sites (tertiary alicyclic amines) is 1. The molecule has 0 saturated carbocycles. The monoisotopic (exact) mass is 484 g/mol. The molecule has 2 aromatic rings. The van der Waals surface area contributed by atoms with E-state index < -0.39 is 35.8 Å². The van der Waals surface area contributed by atoms with Crippen LogP contribution < -0.4 is 4.31 Å². The van der Waals surface area contributed by atoms with Crippen molar-refractivity contribution in [3.63, 3.8) is 0 Å². The smallest absolute Gasteiger partial charge is 0.426 e. The Morgan fingerprint density at radius 1 is 1.09 bits per heavy atom. The number of benzene rings is 2. The molecular weight excluding hydrogens is 466 g/mol. The first-order valence-corrected chi connectivity index (χ1v) is 10.4. The zero-order chi connectivity index (χ0) is 23.7. The number of amides is 1. The molecule has 13 heteroatoms. The minimum atomic E-state index is -5.78. The van der Waals surface area contributed by atoms with Gasteiger partial charge in [0.15, 0.2) is 0 Å². The number of halogens is 6. The summed E-state index contributed by atoms with van der Waals surface area (Å²) in [5.74, 6) is -0.279. The molecule has 0 aromatic heterocycles. The zero-order valence-corrected chi connectivity index (χ0v) is 17.1. The van der Waals surface area contributed by atoms with Gasteiger partial charge in [0.25, 0.3) is 17.4 Å². The van der Waals surface area contributed by atoms with Gasteiger partial charge in [-0.2, -0.15) is 26.3 Å². The number of alkyl halides is 6. The molecule has 0 radical (unpaired) electrons. The lowest BCUT2D eigenvalue weighted by atomic mass is 9.97. The van der Waals surface area contributed by atoms with Crippen LogP contribution in [0.1, 0.15) is 6.42 Å². The Balaban J connectivity index is 1.58. The third kappa shape index (κ3) is 5.44. The van der Waals surface area contributed by atoms with Crippen molar-refractivity contribution in [1.82, 2.24) is 4.90 Å². The Morgan fingerprint density at radius 2 is 1.69 bits per heavy atom. The predicted molar refractivity (Wildman–Crippen MR) is 104 cm³/mol. The highest BCUT2D eigenvalue weighted by Gasteiger charge is 2.60. The standard InChI is InChI=1S/C19H18F6N2O4S/c20-18(21,22)16(19(23,24)25)31-17(28)26-10-12(11-26)8-9-27(32(29)30)15-7-3-5-13-4-1-2-6-14(13)15/h1-7,12,16H,8-11H2,(H,29,30). The maximum Gasteiger partial charge on any atom is 0.434 e. The Labute approximate surface area is 181 Å². The first kappa shape index (κ1) is 24.1. The molecule has 0 aliphatic carbocycles. The number of hydrogen-bond donors (Lipinski definition) is 1. The molecule has 1 aliphatic rings. The molecule has 6 nitrogen and oxygen atoms in total. The van der Waals surface area contributed by atoms with Crippen molar-refractivity contribution in [2.75, 3.05) is 23.9 Å². The number of hydrogen-bond acceptors (Lipinski definition) is 3. The highest BCUT2D eigenvalue weighted by atomic mass is 32.2. The summed E-state index contributed by atoms with van der Waals surface area (Å²) >= 11 is -2.37. The van der Waals surface area contributed by atoms with Gasteiger partial charge in [0, 0.05) is 25.0 Å². The molecule has 1 aliphatic heterocycles. The Bertz CT molecular complexity index is 974. The Kier molecular flexibility index (Phi) is 6.89. The van der Waals surface area contributed by atoms with E-state index in [1.807, 2.05) is 18.2 Å². The summed E-state index contributed by atoms with van der Waals surface area (Å²) in [5, 5.41) is 1.59. The van der Waals surface area contributed by atoms with E-state index in [4.69, 9.17) is 0 Å². The summed E-state index contributed by atoms with van der Waals surface area (Å²) in [5.41, 5.74) is 0.498. The fourth-order valence-corrected chi connectivity index (χ4v) is 3.99. The molecule has 176 valence electrons. The van der Waals surface area contributed by atoms with Crippen LogP contribution in [0.4, 0.5) is 36.8 Å². The summed E-state index contributed by atoms with van der Waals surface area (Å²) in [6.07, 6.45) is -17.2. The van der Waals surface area contributed by atoms with Crippen LogP contribution >= 0.6 is 0 Å². The zero-order valence-electron chi connectivity index (χ0n) is 16.3. The van der Waals surface area contributed by atoms with Crippen molar-refractivity contribution in [3.05, 3.63) is 42.5 Å². The van der Waals surface area contributed by atoms with E-state index >= 15 is 0 Å². The van der Waals surface area contributed by atoms with E-state index in [1.54, 1.807) is 24.3 Å². The third-order valence-electron chi connectivity index (χ3n) is 4.99. The van der Waals surface area contributed by atoms with Gasteiger partial charge in [-0.15, -0.1) is 0 Å². The van der Waals surface area contributed by atoms with Crippen LogP contribution in [0.5, 0.6) is 0 Å². The van der Waals surface area contributed by atoms with Gasteiger partial charge in [-0.25, -0.2) is 9.00 Å². The number of rotatable bonds is 6. The van der Waals surface area contributed by atoms with Crippen LogP contribution in [0.2, 0.25) is 0 Å². The molecule has 1 fully saturated rings. The van der Waals surface area contributed by atoms with Crippen molar-refractivity contribution in [2.45, 2.75) is 24.9 Å². The largest absolute Gasteiger partial charge is 0.434 e. The lowest BCUT2D eigenvalue weighted by Gasteiger charge is -2.40. The summed E-state index contributed by atoms with van der Waals surface area (Å²) in [4.78, 5) is 12.4. The number of nitrogens with zero attached hydrogens (tertiary/aromatic N) is 2. The molecule has 1 amide bonds.